The van der Waals surface area contributed by atoms with Crippen molar-refractivity contribution in [3.63, 3.8) is 0 Å². The van der Waals surface area contributed by atoms with Crippen molar-refractivity contribution in [1.29, 1.82) is 0 Å². The summed E-state index contributed by atoms with van der Waals surface area (Å²) in [6.07, 6.45) is -2.79. The van der Waals surface area contributed by atoms with Crippen LogP contribution in [0.25, 0.3) is 0 Å². The zero-order valence-corrected chi connectivity index (χ0v) is 9.57. The second-order valence-corrected chi connectivity index (χ2v) is 3.86. The monoisotopic (exact) mass is 252 g/mol. The Morgan fingerprint density at radius 1 is 1.59 bits per heavy atom. The molecular formula is C10H18F2N2O3. The molecule has 1 rings (SSSR count). The van der Waals surface area contributed by atoms with Crippen molar-refractivity contribution in [2.75, 3.05) is 39.4 Å². The van der Waals surface area contributed by atoms with Crippen LogP contribution in [0, 0.1) is 0 Å². The Morgan fingerprint density at radius 2 is 2.35 bits per heavy atom. The molecule has 1 atom stereocenters. The number of rotatable bonds is 6. The van der Waals surface area contributed by atoms with Gasteiger partial charge in [-0.2, -0.15) is 0 Å². The molecule has 7 heteroatoms. The highest BCUT2D eigenvalue weighted by atomic mass is 19.3. The molecule has 1 aliphatic rings. The van der Waals surface area contributed by atoms with Crippen LogP contribution in [0.15, 0.2) is 0 Å². The van der Waals surface area contributed by atoms with E-state index >= 15 is 0 Å². The number of carbonyl (C=O) groups is 1. The van der Waals surface area contributed by atoms with Crippen molar-refractivity contribution in [3.05, 3.63) is 0 Å². The van der Waals surface area contributed by atoms with E-state index in [1.165, 1.54) is 0 Å². The Kier molecular flexibility index (Phi) is 6.31. The van der Waals surface area contributed by atoms with Crippen LogP contribution in [0.4, 0.5) is 8.78 Å². The van der Waals surface area contributed by atoms with E-state index in [-0.39, 0.29) is 25.7 Å². The number of amides is 1. The topological polar surface area (TPSA) is 61.8 Å². The quantitative estimate of drug-likeness (QED) is 0.666. The van der Waals surface area contributed by atoms with Gasteiger partial charge >= 0.3 is 0 Å². The van der Waals surface area contributed by atoms with E-state index in [0.29, 0.717) is 13.2 Å². The number of hydrogen-bond acceptors (Lipinski definition) is 4. The fraction of sp³-hybridized carbons (Fsp3) is 0.900. The summed E-state index contributed by atoms with van der Waals surface area (Å²) in [6.45, 7) is 0.785. The summed E-state index contributed by atoms with van der Waals surface area (Å²) in [5.41, 5.74) is 0. The molecule has 0 aliphatic carbocycles. The number of morpholine rings is 1. The smallest absolute Gasteiger partial charge is 0.255 e. The molecule has 1 unspecified atom stereocenters. The first-order valence-electron chi connectivity index (χ1n) is 5.62. The van der Waals surface area contributed by atoms with Gasteiger partial charge in [0.05, 0.1) is 32.3 Å². The highest BCUT2D eigenvalue weighted by molar-refractivity contribution is 5.76. The molecule has 1 aliphatic heterocycles. The molecule has 0 aromatic carbocycles. The molecule has 0 saturated carbocycles. The van der Waals surface area contributed by atoms with Gasteiger partial charge in [0.15, 0.2) is 0 Å². The van der Waals surface area contributed by atoms with Crippen LogP contribution in [0.2, 0.25) is 0 Å². The van der Waals surface area contributed by atoms with E-state index in [0.717, 1.165) is 11.4 Å². The van der Waals surface area contributed by atoms with Crippen molar-refractivity contribution in [3.8, 4) is 0 Å². The Hall–Kier alpha value is -0.790. The Balaban J connectivity index is 2.39. The standard InChI is InChI=1S/C10H18F2N2O3/c11-9(12)7-14(2-3-15)10(16)5-8-6-13-1-4-17-8/h8-9,13,15H,1-7H2. The normalized spacial score (nSPS) is 20.6. The number of hydrogen-bond donors (Lipinski definition) is 2. The molecule has 0 spiro atoms. The average molecular weight is 252 g/mol. The van der Waals surface area contributed by atoms with Gasteiger partial charge in [-0.3, -0.25) is 4.79 Å². The molecule has 17 heavy (non-hydrogen) atoms. The lowest BCUT2D eigenvalue weighted by Gasteiger charge is -2.27. The summed E-state index contributed by atoms with van der Waals surface area (Å²) in [7, 11) is 0. The number of carbonyl (C=O) groups excluding carboxylic acids is 1. The number of nitrogens with zero attached hydrogens (tertiary/aromatic N) is 1. The molecule has 0 bridgehead atoms. The van der Waals surface area contributed by atoms with Crippen LogP contribution in [0.5, 0.6) is 0 Å². The van der Waals surface area contributed by atoms with Crippen molar-refractivity contribution in [2.24, 2.45) is 0 Å². The van der Waals surface area contributed by atoms with Crippen LogP contribution in [0.3, 0.4) is 0 Å². The predicted molar refractivity (Wildman–Crippen MR) is 56.9 cm³/mol. The highest BCUT2D eigenvalue weighted by Crippen LogP contribution is 2.07. The first kappa shape index (κ1) is 14.3. The third kappa shape index (κ3) is 5.38. The summed E-state index contributed by atoms with van der Waals surface area (Å²) in [5.74, 6) is -0.409. The first-order valence-corrected chi connectivity index (χ1v) is 5.62. The largest absolute Gasteiger partial charge is 0.395 e. The number of aliphatic hydroxyl groups is 1. The first-order chi connectivity index (χ1) is 8.13. The molecule has 1 fully saturated rings. The average Bonchev–Trinajstić information content (AvgIpc) is 2.29. The van der Waals surface area contributed by atoms with Crippen molar-refractivity contribution in [2.45, 2.75) is 19.0 Å². The molecule has 0 aromatic heterocycles. The van der Waals surface area contributed by atoms with Gasteiger partial charge in [0.25, 0.3) is 6.43 Å². The van der Waals surface area contributed by atoms with Gasteiger partial charge in [0.2, 0.25) is 5.91 Å². The van der Waals surface area contributed by atoms with E-state index < -0.39 is 18.9 Å². The maximum absolute atomic E-state index is 12.2. The van der Waals surface area contributed by atoms with Gasteiger partial charge < -0.3 is 20.1 Å². The third-order valence-electron chi connectivity index (χ3n) is 2.49. The van der Waals surface area contributed by atoms with Gasteiger partial charge in [-0.15, -0.1) is 0 Å². The Labute approximate surface area is 98.7 Å². The summed E-state index contributed by atoms with van der Waals surface area (Å²) < 4.78 is 29.8. The number of halogens is 2. The van der Waals surface area contributed by atoms with Gasteiger partial charge in [-0.25, -0.2) is 8.78 Å². The van der Waals surface area contributed by atoms with E-state index in [1.807, 2.05) is 0 Å². The number of aliphatic hydroxyl groups excluding tert-OH is 1. The zero-order valence-electron chi connectivity index (χ0n) is 9.57. The van der Waals surface area contributed by atoms with Crippen molar-refractivity contribution < 1.29 is 23.4 Å². The molecule has 1 saturated heterocycles. The van der Waals surface area contributed by atoms with Crippen LogP contribution in [0.1, 0.15) is 6.42 Å². The summed E-state index contributed by atoms with van der Waals surface area (Å²) >= 11 is 0. The molecule has 1 heterocycles. The summed E-state index contributed by atoms with van der Waals surface area (Å²) in [5, 5.41) is 11.8. The van der Waals surface area contributed by atoms with Crippen LogP contribution in [-0.2, 0) is 9.53 Å². The molecule has 0 aromatic rings. The third-order valence-corrected chi connectivity index (χ3v) is 2.49. The van der Waals surface area contributed by atoms with Gasteiger partial charge in [0.1, 0.15) is 0 Å². The van der Waals surface area contributed by atoms with E-state index in [1.54, 1.807) is 0 Å². The molecule has 5 nitrogen and oxygen atoms in total. The lowest BCUT2D eigenvalue weighted by molar-refractivity contribution is -0.137. The number of nitrogens with one attached hydrogen (secondary N) is 1. The predicted octanol–water partition coefficient (Wildman–Crippen LogP) is -0.549. The molecule has 1 amide bonds. The van der Waals surface area contributed by atoms with Crippen molar-refractivity contribution >= 4 is 5.91 Å². The minimum atomic E-state index is -2.59. The van der Waals surface area contributed by atoms with Gasteiger partial charge in [-0.05, 0) is 0 Å². The lowest BCUT2D eigenvalue weighted by Crippen LogP contribution is -2.44. The zero-order chi connectivity index (χ0) is 12.7. The second kappa shape index (κ2) is 7.52. The maximum atomic E-state index is 12.2. The van der Waals surface area contributed by atoms with Crippen LogP contribution < -0.4 is 5.32 Å². The minimum absolute atomic E-state index is 0.0661. The SMILES string of the molecule is O=C(CC1CNCCO1)N(CCO)CC(F)F. The fourth-order valence-corrected chi connectivity index (χ4v) is 1.68. The molecule has 100 valence electrons. The molecular weight excluding hydrogens is 234 g/mol. The van der Waals surface area contributed by atoms with Crippen LogP contribution in [-0.4, -0.2) is 67.8 Å². The van der Waals surface area contributed by atoms with Crippen molar-refractivity contribution in [1.82, 2.24) is 10.2 Å². The van der Waals surface area contributed by atoms with E-state index in [4.69, 9.17) is 9.84 Å². The van der Waals surface area contributed by atoms with Crippen LogP contribution >= 0.6 is 0 Å². The Morgan fingerprint density at radius 3 is 2.88 bits per heavy atom. The lowest BCUT2D eigenvalue weighted by atomic mass is 10.2. The van der Waals surface area contributed by atoms with E-state index in [9.17, 15) is 13.6 Å². The van der Waals surface area contributed by atoms with Gasteiger partial charge in [-0.1, -0.05) is 0 Å². The molecule has 2 N–H and O–H groups in total. The highest BCUT2D eigenvalue weighted by Gasteiger charge is 2.23. The molecule has 0 radical (unpaired) electrons. The van der Waals surface area contributed by atoms with E-state index in [2.05, 4.69) is 5.32 Å². The summed E-state index contributed by atoms with van der Waals surface area (Å²) in [6, 6.07) is 0. The van der Waals surface area contributed by atoms with Gasteiger partial charge in [0, 0.05) is 19.6 Å². The number of alkyl halides is 2. The summed E-state index contributed by atoms with van der Waals surface area (Å²) in [4.78, 5) is 12.7. The Bertz CT molecular complexity index is 236. The second-order valence-electron chi connectivity index (χ2n) is 3.86. The number of ether oxygens (including phenoxy) is 1. The minimum Gasteiger partial charge on any atom is -0.395 e. The fourth-order valence-electron chi connectivity index (χ4n) is 1.68. The maximum Gasteiger partial charge on any atom is 0.255 e.